The van der Waals surface area contributed by atoms with Crippen LogP contribution in [0, 0.1) is 17.1 Å². The minimum Gasteiger partial charge on any atom is -0.465 e. The van der Waals surface area contributed by atoms with Crippen LogP contribution in [0.4, 0.5) is 10.1 Å². The summed E-state index contributed by atoms with van der Waals surface area (Å²) in [6.07, 6.45) is 0.749. The van der Waals surface area contributed by atoms with E-state index in [1.54, 1.807) is 18.2 Å². The van der Waals surface area contributed by atoms with Crippen LogP contribution < -0.4 is 4.90 Å². The topological polar surface area (TPSA) is 69.1 Å². The molecule has 0 saturated carbocycles. The van der Waals surface area contributed by atoms with E-state index in [1.165, 1.54) is 13.2 Å². The number of aromatic nitrogens is 1. The highest BCUT2D eigenvalue weighted by Crippen LogP contribution is 2.32. The summed E-state index contributed by atoms with van der Waals surface area (Å²) in [5.41, 5.74) is 4.26. The Morgan fingerprint density at radius 3 is 2.96 bits per heavy atom. The number of nitrogens with zero attached hydrogens (tertiary/aromatic N) is 2. The molecule has 0 aliphatic carbocycles. The lowest BCUT2D eigenvalue weighted by Gasteiger charge is -2.30. The Labute approximate surface area is 149 Å². The number of esters is 1. The van der Waals surface area contributed by atoms with Crippen LogP contribution in [0.1, 0.15) is 27.2 Å². The molecule has 0 spiro atoms. The number of hydrogen-bond donors (Lipinski definition) is 1. The molecule has 0 unspecified atom stereocenters. The third-order valence-electron chi connectivity index (χ3n) is 4.84. The first-order valence-corrected chi connectivity index (χ1v) is 8.27. The zero-order valence-electron chi connectivity index (χ0n) is 14.2. The highest BCUT2D eigenvalue weighted by Gasteiger charge is 2.24. The Morgan fingerprint density at radius 1 is 1.35 bits per heavy atom. The highest BCUT2D eigenvalue weighted by atomic mass is 19.1. The summed E-state index contributed by atoms with van der Waals surface area (Å²) >= 11 is 0. The second kappa shape index (κ2) is 6.19. The molecule has 26 heavy (non-hydrogen) atoms. The van der Waals surface area contributed by atoms with Gasteiger partial charge in [-0.05, 0) is 30.3 Å². The molecule has 5 nitrogen and oxygen atoms in total. The molecule has 1 aliphatic heterocycles. The van der Waals surface area contributed by atoms with E-state index < -0.39 is 5.82 Å². The van der Waals surface area contributed by atoms with Gasteiger partial charge in [-0.3, -0.25) is 0 Å². The number of methoxy groups -OCH3 is 1. The lowest BCUT2D eigenvalue weighted by atomic mass is 10.0. The highest BCUT2D eigenvalue weighted by molar-refractivity contribution is 5.96. The summed E-state index contributed by atoms with van der Waals surface area (Å²) < 4.78 is 18.8. The molecule has 3 aromatic rings. The first kappa shape index (κ1) is 16.2. The van der Waals surface area contributed by atoms with Crippen LogP contribution in [-0.2, 0) is 17.7 Å². The van der Waals surface area contributed by atoms with Crippen LogP contribution in [0.3, 0.4) is 0 Å². The normalized spacial score (nSPS) is 13.3. The average molecular weight is 349 g/mol. The summed E-state index contributed by atoms with van der Waals surface area (Å²) in [4.78, 5) is 17.2. The van der Waals surface area contributed by atoms with Crippen molar-refractivity contribution < 1.29 is 13.9 Å². The van der Waals surface area contributed by atoms with Gasteiger partial charge in [0.15, 0.2) is 0 Å². The van der Waals surface area contributed by atoms with Crippen LogP contribution in [0.15, 0.2) is 36.4 Å². The van der Waals surface area contributed by atoms with Gasteiger partial charge in [0.2, 0.25) is 0 Å². The van der Waals surface area contributed by atoms with E-state index in [2.05, 4.69) is 4.98 Å². The maximum Gasteiger partial charge on any atom is 0.337 e. The number of fused-ring (bicyclic) bond motifs is 3. The average Bonchev–Trinajstić information content (AvgIpc) is 3.04. The van der Waals surface area contributed by atoms with Crippen molar-refractivity contribution in [3.8, 4) is 6.07 Å². The smallest absolute Gasteiger partial charge is 0.337 e. The van der Waals surface area contributed by atoms with Crippen molar-refractivity contribution in [2.75, 3.05) is 18.6 Å². The fraction of sp³-hybridized carbons (Fsp3) is 0.200. The molecule has 0 bridgehead atoms. The fourth-order valence-electron chi connectivity index (χ4n) is 3.55. The van der Waals surface area contributed by atoms with Crippen LogP contribution in [0.25, 0.3) is 10.9 Å². The molecule has 0 radical (unpaired) electrons. The Bertz CT molecular complexity index is 1060. The van der Waals surface area contributed by atoms with E-state index in [0.29, 0.717) is 24.3 Å². The second-order valence-corrected chi connectivity index (χ2v) is 6.25. The maximum absolute atomic E-state index is 14.0. The van der Waals surface area contributed by atoms with Gasteiger partial charge in [0.1, 0.15) is 17.4 Å². The number of hydrogen-bond acceptors (Lipinski definition) is 4. The Morgan fingerprint density at radius 2 is 2.19 bits per heavy atom. The number of carbonyl (C=O) groups is 1. The van der Waals surface area contributed by atoms with E-state index in [4.69, 9.17) is 4.74 Å². The SMILES string of the molecule is COC(=O)c1ccc2[nH]c3c(c2c1)CN(c1cccc(F)c1C#N)CC3. The van der Waals surface area contributed by atoms with Crippen LogP contribution in [-0.4, -0.2) is 24.6 Å². The monoisotopic (exact) mass is 349 g/mol. The van der Waals surface area contributed by atoms with Crippen molar-refractivity contribution in [2.45, 2.75) is 13.0 Å². The summed E-state index contributed by atoms with van der Waals surface area (Å²) in [6.45, 7) is 1.22. The molecular formula is C20H16FN3O2. The number of H-pyrrole nitrogens is 1. The third-order valence-corrected chi connectivity index (χ3v) is 4.84. The molecule has 0 fully saturated rings. The van der Waals surface area contributed by atoms with Gasteiger partial charge in [0.25, 0.3) is 0 Å². The van der Waals surface area contributed by atoms with Crippen molar-refractivity contribution in [1.82, 2.24) is 4.98 Å². The molecule has 1 aliphatic rings. The van der Waals surface area contributed by atoms with E-state index in [-0.39, 0.29) is 11.5 Å². The van der Waals surface area contributed by atoms with Gasteiger partial charge >= 0.3 is 5.97 Å². The van der Waals surface area contributed by atoms with Gasteiger partial charge < -0.3 is 14.6 Å². The van der Waals surface area contributed by atoms with Crippen molar-refractivity contribution in [3.05, 3.63) is 64.6 Å². The molecular weight excluding hydrogens is 333 g/mol. The number of nitrogens with one attached hydrogen (secondary N) is 1. The number of benzene rings is 2. The lowest BCUT2D eigenvalue weighted by Crippen LogP contribution is -2.30. The quantitative estimate of drug-likeness (QED) is 0.719. The summed E-state index contributed by atoms with van der Waals surface area (Å²) in [5, 5.41) is 10.3. The van der Waals surface area contributed by atoms with Crippen molar-refractivity contribution in [1.29, 1.82) is 5.26 Å². The van der Waals surface area contributed by atoms with Gasteiger partial charge in [0, 0.05) is 41.7 Å². The maximum atomic E-state index is 14.0. The molecule has 2 aromatic carbocycles. The van der Waals surface area contributed by atoms with E-state index in [1.807, 2.05) is 23.1 Å². The van der Waals surface area contributed by atoms with E-state index in [0.717, 1.165) is 28.6 Å². The molecule has 6 heteroatoms. The first-order valence-electron chi connectivity index (χ1n) is 8.27. The van der Waals surface area contributed by atoms with E-state index >= 15 is 0 Å². The summed E-state index contributed by atoms with van der Waals surface area (Å²) in [7, 11) is 1.36. The third kappa shape index (κ3) is 2.49. The number of rotatable bonds is 2. The van der Waals surface area contributed by atoms with Crippen molar-refractivity contribution in [3.63, 3.8) is 0 Å². The van der Waals surface area contributed by atoms with Crippen LogP contribution in [0.2, 0.25) is 0 Å². The second-order valence-electron chi connectivity index (χ2n) is 6.25. The molecule has 4 rings (SSSR count). The molecule has 0 amide bonds. The van der Waals surface area contributed by atoms with Gasteiger partial charge in [-0.25, -0.2) is 9.18 Å². The number of nitriles is 1. The summed E-state index contributed by atoms with van der Waals surface area (Å²) in [5.74, 6) is -0.894. The minimum absolute atomic E-state index is 0.0611. The number of carbonyl (C=O) groups excluding carboxylic acids is 1. The molecule has 0 saturated heterocycles. The number of aromatic amines is 1. The summed E-state index contributed by atoms with van der Waals surface area (Å²) in [6, 6.07) is 12.1. The molecule has 2 heterocycles. The van der Waals surface area contributed by atoms with Crippen LogP contribution in [0.5, 0.6) is 0 Å². The first-order chi connectivity index (χ1) is 12.6. The van der Waals surface area contributed by atoms with Gasteiger partial charge in [-0.1, -0.05) is 6.07 Å². The number of halogens is 1. The molecule has 0 atom stereocenters. The predicted molar refractivity (Wildman–Crippen MR) is 95.5 cm³/mol. The zero-order valence-corrected chi connectivity index (χ0v) is 14.2. The van der Waals surface area contributed by atoms with Crippen molar-refractivity contribution in [2.24, 2.45) is 0 Å². The van der Waals surface area contributed by atoms with Gasteiger partial charge in [-0.15, -0.1) is 0 Å². The van der Waals surface area contributed by atoms with Gasteiger partial charge in [0.05, 0.1) is 18.4 Å². The molecule has 130 valence electrons. The number of anilines is 1. The molecule has 1 aromatic heterocycles. The molecule has 1 N–H and O–H groups in total. The largest absolute Gasteiger partial charge is 0.465 e. The predicted octanol–water partition coefficient (Wildman–Crippen LogP) is 3.53. The van der Waals surface area contributed by atoms with Crippen LogP contribution >= 0.6 is 0 Å². The number of ether oxygens (including phenoxy) is 1. The Hall–Kier alpha value is -3.33. The van der Waals surface area contributed by atoms with Crippen molar-refractivity contribution >= 4 is 22.6 Å². The zero-order chi connectivity index (χ0) is 18.3. The lowest BCUT2D eigenvalue weighted by molar-refractivity contribution is 0.0601. The fourth-order valence-corrected chi connectivity index (χ4v) is 3.55. The van der Waals surface area contributed by atoms with Gasteiger partial charge in [-0.2, -0.15) is 5.26 Å². The van der Waals surface area contributed by atoms with E-state index in [9.17, 15) is 14.4 Å². The Kier molecular flexibility index (Phi) is 3.85. The minimum atomic E-state index is -0.511. The standard InChI is InChI=1S/C20H16FN3O2/c1-26-20(25)12-5-6-17-13(9-12)15-11-24(8-7-18(15)23-17)19-4-2-3-16(21)14(19)10-22/h2-6,9,23H,7-8,11H2,1H3. The Balaban J connectivity index is 1.78.